The Bertz CT molecular complexity index is 950. The Labute approximate surface area is 160 Å². The van der Waals surface area contributed by atoms with Crippen molar-refractivity contribution < 1.29 is 9.18 Å². The summed E-state index contributed by atoms with van der Waals surface area (Å²) in [6.07, 6.45) is 3.39. The Kier molecular flexibility index (Phi) is 5.00. The SMILES string of the molecule is CN1CCC(NC(=O)c2cc3c(Nc4ccc(F)cc4)ncnc3s2)CC1. The molecule has 1 aromatic carbocycles. The lowest BCUT2D eigenvalue weighted by molar-refractivity contribution is 0.0921. The highest BCUT2D eigenvalue weighted by Crippen LogP contribution is 2.30. The second-order valence-electron chi connectivity index (χ2n) is 6.73. The zero-order valence-electron chi connectivity index (χ0n) is 14.9. The van der Waals surface area contributed by atoms with Crippen molar-refractivity contribution in [3.63, 3.8) is 0 Å². The molecule has 4 rings (SSSR count). The summed E-state index contributed by atoms with van der Waals surface area (Å²) in [5, 5.41) is 7.07. The molecular weight excluding hydrogens is 365 g/mol. The Balaban J connectivity index is 1.53. The van der Waals surface area contributed by atoms with Crippen LogP contribution in [-0.2, 0) is 0 Å². The molecule has 0 aliphatic carbocycles. The molecule has 0 spiro atoms. The number of hydrogen-bond donors (Lipinski definition) is 2. The molecule has 2 N–H and O–H groups in total. The van der Waals surface area contributed by atoms with Crippen LogP contribution in [0.4, 0.5) is 15.9 Å². The topological polar surface area (TPSA) is 70.2 Å². The second kappa shape index (κ2) is 7.58. The fraction of sp³-hybridized carbons (Fsp3) is 0.316. The van der Waals surface area contributed by atoms with Crippen LogP contribution in [0.2, 0.25) is 0 Å². The van der Waals surface area contributed by atoms with Crippen molar-refractivity contribution in [2.75, 3.05) is 25.5 Å². The van der Waals surface area contributed by atoms with E-state index in [9.17, 15) is 9.18 Å². The average Bonchev–Trinajstić information content (AvgIpc) is 3.11. The number of hydrogen-bond acceptors (Lipinski definition) is 6. The molecule has 6 nitrogen and oxygen atoms in total. The molecule has 0 bridgehead atoms. The summed E-state index contributed by atoms with van der Waals surface area (Å²) in [7, 11) is 2.10. The molecule has 2 aromatic heterocycles. The third kappa shape index (κ3) is 4.06. The number of anilines is 2. The predicted molar refractivity (Wildman–Crippen MR) is 105 cm³/mol. The Morgan fingerprint density at radius 3 is 2.70 bits per heavy atom. The summed E-state index contributed by atoms with van der Waals surface area (Å²) < 4.78 is 13.1. The van der Waals surface area contributed by atoms with E-state index in [4.69, 9.17) is 0 Å². The van der Waals surface area contributed by atoms with Gasteiger partial charge in [0, 0.05) is 11.7 Å². The van der Waals surface area contributed by atoms with Gasteiger partial charge in [0.2, 0.25) is 0 Å². The minimum atomic E-state index is -0.295. The highest BCUT2D eigenvalue weighted by atomic mass is 32.1. The van der Waals surface area contributed by atoms with Gasteiger partial charge in [0.15, 0.2) is 0 Å². The predicted octanol–water partition coefficient (Wildman–Crippen LogP) is 3.40. The molecule has 0 radical (unpaired) electrons. The van der Waals surface area contributed by atoms with Gasteiger partial charge in [-0.3, -0.25) is 4.79 Å². The van der Waals surface area contributed by atoms with Crippen LogP contribution in [0.25, 0.3) is 10.2 Å². The number of aromatic nitrogens is 2. The van der Waals surface area contributed by atoms with Crippen molar-refractivity contribution in [1.82, 2.24) is 20.2 Å². The largest absolute Gasteiger partial charge is 0.349 e. The number of rotatable bonds is 4. The first kappa shape index (κ1) is 17.8. The second-order valence-corrected chi connectivity index (χ2v) is 7.77. The monoisotopic (exact) mass is 385 g/mol. The van der Waals surface area contributed by atoms with Gasteiger partial charge < -0.3 is 15.5 Å². The molecule has 0 saturated carbocycles. The van der Waals surface area contributed by atoms with Crippen LogP contribution < -0.4 is 10.6 Å². The van der Waals surface area contributed by atoms with E-state index in [0.29, 0.717) is 10.7 Å². The maximum absolute atomic E-state index is 13.1. The maximum atomic E-state index is 13.1. The number of carbonyl (C=O) groups excluding carboxylic acids is 1. The van der Waals surface area contributed by atoms with Crippen molar-refractivity contribution in [2.24, 2.45) is 0 Å². The van der Waals surface area contributed by atoms with E-state index >= 15 is 0 Å². The first-order chi connectivity index (χ1) is 13.1. The number of carbonyl (C=O) groups is 1. The Hall–Kier alpha value is -2.58. The summed E-state index contributed by atoms with van der Waals surface area (Å²) in [6.45, 7) is 1.99. The fourth-order valence-corrected chi connectivity index (χ4v) is 4.05. The molecule has 0 unspecified atom stereocenters. The summed E-state index contributed by atoms with van der Waals surface area (Å²) in [5.74, 6) is 0.235. The third-order valence-electron chi connectivity index (χ3n) is 4.71. The minimum Gasteiger partial charge on any atom is -0.349 e. The number of benzene rings is 1. The van der Waals surface area contributed by atoms with E-state index in [2.05, 4.69) is 32.5 Å². The van der Waals surface area contributed by atoms with E-state index in [-0.39, 0.29) is 17.8 Å². The van der Waals surface area contributed by atoms with Gasteiger partial charge in [-0.25, -0.2) is 14.4 Å². The van der Waals surface area contributed by atoms with Gasteiger partial charge in [0.25, 0.3) is 5.91 Å². The lowest BCUT2D eigenvalue weighted by Crippen LogP contribution is -2.43. The quantitative estimate of drug-likeness (QED) is 0.720. The Morgan fingerprint density at radius 1 is 1.22 bits per heavy atom. The maximum Gasteiger partial charge on any atom is 0.261 e. The van der Waals surface area contributed by atoms with Crippen molar-refractivity contribution in [3.8, 4) is 0 Å². The normalized spacial score (nSPS) is 15.8. The summed E-state index contributed by atoms with van der Waals surface area (Å²) in [6, 6.07) is 8.08. The van der Waals surface area contributed by atoms with Crippen molar-refractivity contribution in [3.05, 3.63) is 47.4 Å². The molecule has 1 fully saturated rings. The standard InChI is InChI=1S/C19H20FN5OS/c1-25-8-6-14(7-9-25)24-18(26)16-10-15-17(21-11-22-19(15)27-16)23-13-4-2-12(20)3-5-13/h2-5,10-11,14H,6-9H2,1H3,(H,24,26)(H,21,22,23). The zero-order valence-corrected chi connectivity index (χ0v) is 15.7. The van der Waals surface area contributed by atoms with Crippen LogP contribution in [0, 0.1) is 5.82 Å². The molecular formula is C19H20FN5OS. The van der Waals surface area contributed by atoms with Gasteiger partial charge in [0.1, 0.15) is 22.8 Å². The van der Waals surface area contributed by atoms with Crippen LogP contribution in [0.1, 0.15) is 22.5 Å². The molecule has 3 aromatic rings. The number of halogens is 1. The molecule has 1 saturated heterocycles. The van der Waals surface area contributed by atoms with Crippen molar-refractivity contribution >= 4 is 39.0 Å². The first-order valence-corrected chi connectivity index (χ1v) is 9.67. The number of likely N-dealkylation sites (tertiary alicyclic amines) is 1. The van der Waals surface area contributed by atoms with Gasteiger partial charge in [0.05, 0.1) is 10.3 Å². The number of nitrogens with one attached hydrogen (secondary N) is 2. The van der Waals surface area contributed by atoms with Gasteiger partial charge in [-0.15, -0.1) is 11.3 Å². The van der Waals surface area contributed by atoms with Crippen LogP contribution in [0.3, 0.4) is 0 Å². The molecule has 1 aliphatic heterocycles. The minimum absolute atomic E-state index is 0.0692. The molecule has 1 aliphatic rings. The number of piperidine rings is 1. The van der Waals surface area contributed by atoms with Crippen molar-refractivity contribution in [2.45, 2.75) is 18.9 Å². The molecule has 140 valence electrons. The average molecular weight is 385 g/mol. The van der Waals surface area contributed by atoms with E-state index < -0.39 is 0 Å². The first-order valence-electron chi connectivity index (χ1n) is 8.85. The molecule has 3 heterocycles. The summed E-state index contributed by atoms with van der Waals surface area (Å²) >= 11 is 1.35. The smallest absolute Gasteiger partial charge is 0.261 e. The summed E-state index contributed by atoms with van der Waals surface area (Å²) in [4.78, 5) is 24.8. The van der Waals surface area contributed by atoms with Crippen LogP contribution in [0.5, 0.6) is 0 Å². The van der Waals surface area contributed by atoms with Crippen LogP contribution in [0.15, 0.2) is 36.7 Å². The van der Waals surface area contributed by atoms with Crippen LogP contribution >= 0.6 is 11.3 Å². The van der Waals surface area contributed by atoms with Gasteiger partial charge in [-0.2, -0.15) is 0 Å². The highest BCUT2D eigenvalue weighted by molar-refractivity contribution is 7.20. The molecule has 0 atom stereocenters. The van der Waals surface area contributed by atoms with E-state index in [0.717, 1.165) is 41.8 Å². The molecule has 1 amide bonds. The Morgan fingerprint density at radius 2 is 1.96 bits per heavy atom. The van der Waals surface area contributed by atoms with Crippen molar-refractivity contribution in [1.29, 1.82) is 0 Å². The number of nitrogens with zero attached hydrogens (tertiary/aromatic N) is 3. The fourth-order valence-electron chi connectivity index (χ4n) is 3.15. The molecule has 8 heteroatoms. The lowest BCUT2D eigenvalue weighted by atomic mass is 10.1. The number of amides is 1. The van der Waals surface area contributed by atoms with E-state index in [1.165, 1.54) is 29.8 Å². The summed E-state index contributed by atoms with van der Waals surface area (Å²) in [5.41, 5.74) is 0.722. The number of thiophene rings is 1. The highest BCUT2D eigenvalue weighted by Gasteiger charge is 2.21. The van der Waals surface area contributed by atoms with Gasteiger partial charge >= 0.3 is 0 Å². The van der Waals surface area contributed by atoms with Gasteiger partial charge in [-0.05, 0) is 63.3 Å². The third-order valence-corrected chi connectivity index (χ3v) is 5.76. The van der Waals surface area contributed by atoms with E-state index in [1.807, 2.05) is 6.07 Å². The van der Waals surface area contributed by atoms with Gasteiger partial charge in [-0.1, -0.05) is 0 Å². The van der Waals surface area contributed by atoms with E-state index in [1.54, 1.807) is 12.1 Å². The zero-order chi connectivity index (χ0) is 18.8. The molecule has 27 heavy (non-hydrogen) atoms. The lowest BCUT2D eigenvalue weighted by Gasteiger charge is -2.29. The van der Waals surface area contributed by atoms with Crippen LogP contribution in [-0.4, -0.2) is 47.0 Å². The number of fused-ring (bicyclic) bond motifs is 1.